The van der Waals surface area contributed by atoms with Crippen LogP contribution in [0.3, 0.4) is 0 Å². The van der Waals surface area contributed by atoms with Gasteiger partial charge in [-0.25, -0.2) is 4.98 Å². The maximum absolute atomic E-state index is 12.8. The summed E-state index contributed by atoms with van der Waals surface area (Å²) in [5, 5.41) is 0.915. The topological polar surface area (TPSA) is 70.6 Å². The molecule has 0 aliphatic carbocycles. The number of carbonyl (C=O) groups excluding carboxylic acids is 3. The highest BCUT2D eigenvalue weighted by atomic mass is 16.2. The third kappa shape index (κ3) is 3.74. The Morgan fingerprint density at radius 2 is 1.62 bits per heavy atom. The molecule has 29 heavy (non-hydrogen) atoms. The average molecular weight is 387 g/mol. The predicted octanol–water partition coefficient (Wildman–Crippen LogP) is 2.79. The Morgan fingerprint density at radius 1 is 0.897 bits per heavy atom. The highest BCUT2D eigenvalue weighted by Crippen LogP contribution is 2.16. The number of hydrogen-bond donors (Lipinski definition) is 0. The number of amides is 2. The van der Waals surface area contributed by atoms with Crippen LogP contribution in [0.1, 0.15) is 27.8 Å². The molecule has 2 amide bonds. The minimum atomic E-state index is -0.620. The fraction of sp³-hybridized carbons (Fsp3) is 0.217. The van der Waals surface area contributed by atoms with Crippen LogP contribution in [0.5, 0.6) is 0 Å². The predicted molar refractivity (Wildman–Crippen MR) is 110 cm³/mol. The first-order valence-corrected chi connectivity index (χ1v) is 9.60. The van der Waals surface area contributed by atoms with Crippen LogP contribution < -0.4 is 0 Å². The Labute approximate surface area is 168 Å². The molecule has 1 aliphatic rings. The van der Waals surface area contributed by atoms with Gasteiger partial charge in [0, 0.05) is 36.6 Å². The largest absolute Gasteiger partial charge is 0.335 e. The van der Waals surface area contributed by atoms with Gasteiger partial charge in [0.05, 0.1) is 5.52 Å². The number of hydrogen-bond acceptors (Lipinski definition) is 4. The first-order chi connectivity index (χ1) is 14.0. The molecule has 4 rings (SSSR count). The second kappa shape index (κ2) is 7.83. The number of para-hydroxylation sites is 1. The van der Waals surface area contributed by atoms with E-state index in [-0.39, 0.29) is 17.6 Å². The normalized spacial score (nSPS) is 16.7. The van der Waals surface area contributed by atoms with Crippen molar-refractivity contribution in [2.45, 2.75) is 13.0 Å². The monoisotopic (exact) mass is 387 g/mol. The summed E-state index contributed by atoms with van der Waals surface area (Å²) in [6.07, 6.45) is 0. The van der Waals surface area contributed by atoms with E-state index in [0.29, 0.717) is 30.7 Å². The quantitative estimate of drug-likeness (QED) is 0.512. The Morgan fingerprint density at radius 3 is 2.38 bits per heavy atom. The van der Waals surface area contributed by atoms with Crippen molar-refractivity contribution in [2.24, 2.45) is 0 Å². The summed E-state index contributed by atoms with van der Waals surface area (Å²) in [6, 6.07) is 19.7. The molecule has 0 spiro atoms. The van der Waals surface area contributed by atoms with Gasteiger partial charge in [-0.2, -0.15) is 0 Å². The number of ketones is 1. The summed E-state index contributed by atoms with van der Waals surface area (Å²) < 4.78 is 0. The number of rotatable bonds is 3. The van der Waals surface area contributed by atoms with E-state index in [1.807, 2.05) is 49.4 Å². The van der Waals surface area contributed by atoms with Gasteiger partial charge in [-0.15, -0.1) is 0 Å². The molecule has 1 atom stereocenters. The lowest BCUT2D eigenvalue weighted by atomic mass is 10.1. The fourth-order valence-electron chi connectivity index (χ4n) is 3.64. The Hall–Kier alpha value is -3.54. The number of piperazine rings is 1. The van der Waals surface area contributed by atoms with Crippen molar-refractivity contribution in [1.29, 1.82) is 0 Å². The summed E-state index contributed by atoms with van der Waals surface area (Å²) >= 11 is 0. The van der Waals surface area contributed by atoms with Crippen molar-refractivity contribution in [2.75, 3.05) is 19.6 Å². The molecular weight excluding hydrogens is 366 g/mol. The Bertz CT molecular complexity index is 1080. The van der Waals surface area contributed by atoms with Crippen molar-refractivity contribution < 1.29 is 14.4 Å². The van der Waals surface area contributed by atoms with Crippen molar-refractivity contribution in [3.8, 4) is 0 Å². The van der Waals surface area contributed by atoms with E-state index in [1.54, 1.807) is 29.2 Å². The molecule has 1 saturated heterocycles. The summed E-state index contributed by atoms with van der Waals surface area (Å²) in [5.41, 5.74) is 1.44. The van der Waals surface area contributed by atoms with Gasteiger partial charge >= 0.3 is 0 Å². The van der Waals surface area contributed by atoms with Crippen LogP contribution in [-0.4, -0.2) is 58.1 Å². The molecule has 1 aromatic heterocycles. The van der Waals surface area contributed by atoms with Crippen LogP contribution in [0.4, 0.5) is 0 Å². The standard InChI is InChI=1S/C23H21N3O3/c1-16-15-25(22(28)18-8-3-2-4-9-18)13-14-26(16)23(29)21(27)20-12-11-17-7-5-6-10-19(17)24-20/h2-12,16H,13-15H2,1H3/t16-/m1/s1. The minimum absolute atomic E-state index is 0.0629. The van der Waals surface area contributed by atoms with E-state index < -0.39 is 11.7 Å². The molecule has 1 aliphatic heterocycles. The molecular formula is C23H21N3O3. The number of carbonyl (C=O) groups is 3. The summed E-state index contributed by atoms with van der Waals surface area (Å²) in [6.45, 7) is 2.95. The molecule has 1 fully saturated rings. The van der Waals surface area contributed by atoms with Crippen LogP contribution in [0.25, 0.3) is 10.9 Å². The molecule has 6 nitrogen and oxygen atoms in total. The molecule has 3 aromatic rings. The molecule has 2 heterocycles. The smallest absolute Gasteiger partial charge is 0.297 e. The molecule has 0 radical (unpaired) electrons. The molecule has 0 N–H and O–H groups in total. The van der Waals surface area contributed by atoms with Crippen LogP contribution in [-0.2, 0) is 4.79 Å². The highest BCUT2D eigenvalue weighted by Gasteiger charge is 2.33. The first-order valence-electron chi connectivity index (χ1n) is 9.60. The molecule has 6 heteroatoms. The maximum Gasteiger partial charge on any atom is 0.297 e. The van der Waals surface area contributed by atoms with E-state index in [1.165, 1.54) is 4.90 Å². The first kappa shape index (κ1) is 18.8. The van der Waals surface area contributed by atoms with Crippen LogP contribution in [0, 0.1) is 0 Å². The van der Waals surface area contributed by atoms with Crippen molar-refractivity contribution >= 4 is 28.5 Å². The number of pyridine rings is 1. The highest BCUT2D eigenvalue weighted by molar-refractivity contribution is 6.42. The fourth-order valence-corrected chi connectivity index (χ4v) is 3.64. The number of nitrogens with zero attached hydrogens (tertiary/aromatic N) is 3. The van der Waals surface area contributed by atoms with Crippen molar-refractivity contribution in [1.82, 2.24) is 14.8 Å². The van der Waals surface area contributed by atoms with E-state index in [2.05, 4.69) is 4.98 Å². The number of Topliss-reactive ketones (excluding diaryl/α,β-unsaturated/α-hetero) is 1. The van der Waals surface area contributed by atoms with Gasteiger partial charge in [-0.1, -0.05) is 42.5 Å². The average Bonchev–Trinajstić information content (AvgIpc) is 2.77. The zero-order chi connectivity index (χ0) is 20.4. The molecule has 146 valence electrons. The summed E-state index contributed by atoms with van der Waals surface area (Å²) in [5.74, 6) is -1.26. The van der Waals surface area contributed by atoms with Gasteiger partial charge in [0.15, 0.2) is 0 Å². The van der Waals surface area contributed by atoms with Gasteiger partial charge in [0.25, 0.3) is 17.6 Å². The Balaban J connectivity index is 1.46. The van der Waals surface area contributed by atoms with E-state index in [9.17, 15) is 14.4 Å². The number of fused-ring (bicyclic) bond motifs is 1. The molecule has 0 bridgehead atoms. The lowest BCUT2D eigenvalue weighted by molar-refractivity contribution is -0.130. The van der Waals surface area contributed by atoms with Crippen LogP contribution >= 0.6 is 0 Å². The second-order valence-corrected chi connectivity index (χ2v) is 7.18. The lowest BCUT2D eigenvalue weighted by Crippen LogP contribution is -2.56. The molecule has 0 saturated carbocycles. The third-order valence-electron chi connectivity index (χ3n) is 5.22. The SMILES string of the molecule is C[C@@H]1CN(C(=O)c2ccccc2)CCN1C(=O)C(=O)c1ccc2ccccc2n1. The van der Waals surface area contributed by atoms with Gasteiger partial charge in [0.1, 0.15) is 5.69 Å². The third-order valence-corrected chi connectivity index (χ3v) is 5.22. The van der Waals surface area contributed by atoms with Gasteiger partial charge in [-0.05, 0) is 31.2 Å². The van der Waals surface area contributed by atoms with E-state index >= 15 is 0 Å². The summed E-state index contributed by atoms with van der Waals surface area (Å²) in [7, 11) is 0. The van der Waals surface area contributed by atoms with Gasteiger partial charge in [0.2, 0.25) is 0 Å². The van der Waals surface area contributed by atoms with Gasteiger partial charge in [-0.3, -0.25) is 14.4 Å². The van der Waals surface area contributed by atoms with Crippen molar-refractivity contribution in [3.05, 3.63) is 78.0 Å². The Kier molecular flexibility index (Phi) is 5.08. The number of benzene rings is 2. The molecule has 0 unspecified atom stereocenters. The zero-order valence-corrected chi connectivity index (χ0v) is 16.1. The molecule has 2 aromatic carbocycles. The van der Waals surface area contributed by atoms with Crippen molar-refractivity contribution in [3.63, 3.8) is 0 Å². The van der Waals surface area contributed by atoms with Crippen LogP contribution in [0.2, 0.25) is 0 Å². The zero-order valence-electron chi connectivity index (χ0n) is 16.1. The maximum atomic E-state index is 12.8. The van der Waals surface area contributed by atoms with Crippen LogP contribution in [0.15, 0.2) is 66.7 Å². The van der Waals surface area contributed by atoms with Gasteiger partial charge < -0.3 is 9.80 Å². The van der Waals surface area contributed by atoms with E-state index in [0.717, 1.165) is 5.39 Å². The minimum Gasteiger partial charge on any atom is -0.335 e. The summed E-state index contributed by atoms with van der Waals surface area (Å²) in [4.78, 5) is 45.8. The lowest BCUT2D eigenvalue weighted by Gasteiger charge is -2.39. The van der Waals surface area contributed by atoms with E-state index in [4.69, 9.17) is 0 Å². The number of aromatic nitrogens is 1. The second-order valence-electron chi connectivity index (χ2n) is 7.18.